The second-order valence-electron chi connectivity index (χ2n) is 6.09. The van der Waals surface area contributed by atoms with E-state index in [4.69, 9.17) is 4.74 Å². The van der Waals surface area contributed by atoms with Crippen LogP contribution in [0.4, 0.5) is 5.82 Å². The number of aryl methyl sites for hydroxylation is 1. The van der Waals surface area contributed by atoms with Crippen LogP contribution in [0.1, 0.15) is 5.56 Å². The minimum Gasteiger partial charge on any atom is -0.494 e. The number of rotatable bonds is 5. The number of ether oxygens (including phenoxy) is 1. The van der Waals surface area contributed by atoms with Crippen LogP contribution in [0.5, 0.6) is 5.75 Å². The van der Waals surface area contributed by atoms with Crippen molar-refractivity contribution in [3.63, 3.8) is 0 Å². The number of nitrogens with one attached hydrogen (secondary N) is 1. The number of sulfonamides is 1. The number of nitrogens with zero attached hydrogens (tertiary/aromatic N) is 4. The summed E-state index contributed by atoms with van der Waals surface area (Å²) < 4.78 is 33.6. The van der Waals surface area contributed by atoms with Crippen LogP contribution in [-0.4, -0.2) is 35.5 Å². The van der Waals surface area contributed by atoms with Crippen LogP contribution in [0.25, 0.3) is 16.7 Å². The standard InChI is InChI=1S/C19H17N5O3S/c1-13-11-16(24-21-14-7-3-4-8-15(14)22-24)17(27-2)12-18(13)28(25,26)23-19-9-5-6-10-20-19/h3-12H,1-2H3,(H,20,23). The molecule has 4 aromatic rings. The van der Waals surface area contributed by atoms with Crippen LogP contribution in [-0.2, 0) is 10.0 Å². The van der Waals surface area contributed by atoms with E-state index in [0.717, 1.165) is 11.0 Å². The molecule has 0 spiro atoms. The topological polar surface area (TPSA) is 99.0 Å². The van der Waals surface area contributed by atoms with Gasteiger partial charge in [0.15, 0.2) is 0 Å². The highest BCUT2D eigenvalue weighted by Gasteiger charge is 2.22. The largest absolute Gasteiger partial charge is 0.494 e. The molecule has 0 aliphatic heterocycles. The van der Waals surface area contributed by atoms with Crippen molar-refractivity contribution in [3.8, 4) is 11.4 Å². The second-order valence-corrected chi connectivity index (χ2v) is 7.74. The van der Waals surface area contributed by atoms with Crippen molar-refractivity contribution in [2.75, 3.05) is 11.8 Å². The van der Waals surface area contributed by atoms with Crippen LogP contribution in [0.2, 0.25) is 0 Å². The highest BCUT2D eigenvalue weighted by molar-refractivity contribution is 7.92. The van der Waals surface area contributed by atoms with Gasteiger partial charge in [-0.15, -0.1) is 15.0 Å². The fourth-order valence-electron chi connectivity index (χ4n) is 2.85. The average molecular weight is 395 g/mol. The molecule has 2 heterocycles. The first-order valence-corrected chi connectivity index (χ1v) is 9.91. The third kappa shape index (κ3) is 3.27. The summed E-state index contributed by atoms with van der Waals surface area (Å²) in [6.45, 7) is 1.71. The zero-order chi connectivity index (χ0) is 19.7. The Balaban J connectivity index is 1.79. The molecule has 2 aromatic heterocycles. The van der Waals surface area contributed by atoms with Crippen molar-refractivity contribution in [1.29, 1.82) is 0 Å². The summed E-state index contributed by atoms with van der Waals surface area (Å²) in [5.41, 5.74) is 2.54. The van der Waals surface area contributed by atoms with Crippen LogP contribution in [0.3, 0.4) is 0 Å². The molecule has 0 saturated carbocycles. The molecule has 0 bridgehead atoms. The Hall–Kier alpha value is -3.46. The van der Waals surface area contributed by atoms with Crippen LogP contribution < -0.4 is 9.46 Å². The van der Waals surface area contributed by atoms with Crippen molar-refractivity contribution in [2.24, 2.45) is 0 Å². The normalized spacial score (nSPS) is 11.5. The third-order valence-corrected chi connectivity index (χ3v) is 5.67. The van der Waals surface area contributed by atoms with Crippen LogP contribution in [0.15, 0.2) is 65.7 Å². The molecule has 0 radical (unpaired) electrons. The lowest BCUT2D eigenvalue weighted by atomic mass is 10.2. The molecular weight excluding hydrogens is 378 g/mol. The first-order valence-electron chi connectivity index (χ1n) is 8.43. The van der Waals surface area contributed by atoms with E-state index < -0.39 is 10.0 Å². The maximum Gasteiger partial charge on any atom is 0.263 e. The Bertz CT molecular complexity index is 1220. The van der Waals surface area contributed by atoms with E-state index in [2.05, 4.69) is 19.9 Å². The van der Waals surface area contributed by atoms with Gasteiger partial charge in [0.25, 0.3) is 10.0 Å². The van der Waals surface area contributed by atoms with Crippen molar-refractivity contribution in [2.45, 2.75) is 11.8 Å². The van der Waals surface area contributed by atoms with Crippen LogP contribution >= 0.6 is 0 Å². The Morgan fingerprint density at radius 1 is 1.00 bits per heavy atom. The van der Waals surface area contributed by atoms with Gasteiger partial charge in [0.2, 0.25) is 0 Å². The first kappa shape index (κ1) is 17.9. The molecular formula is C19H17N5O3S. The Morgan fingerprint density at radius 2 is 1.68 bits per heavy atom. The summed E-state index contributed by atoms with van der Waals surface area (Å²) in [6, 6.07) is 15.6. The van der Waals surface area contributed by atoms with E-state index in [0.29, 0.717) is 17.0 Å². The lowest BCUT2D eigenvalue weighted by Crippen LogP contribution is -2.16. The molecule has 0 fully saturated rings. The zero-order valence-corrected chi connectivity index (χ0v) is 16.0. The van der Waals surface area contributed by atoms with Gasteiger partial charge in [0.1, 0.15) is 28.3 Å². The van der Waals surface area contributed by atoms with Crippen molar-refractivity contribution in [3.05, 3.63) is 66.4 Å². The van der Waals surface area contributed by atoms with Crippen molar-refractivity contribution < 1.29 is 13.2 Å². The molecule has 0 aliphatic rings. The van der Waals surface area contributed by atoms with E-state index in [-0.39, 0.29) is 10.7 Å². The van der Waals surface area contributed by atoms with E-state index in [9.17, 15) is 8.42 Å². The molecule has 0 saturated heterocycles. The molecule has 8 nitrogen and oxygen atoms in total. The Kier molecular flexibility index (Phi) is 4.44. The van der Waals surface area contributed by atoms with Gasteiger partial charge in [-0.2, -0.15) is 0 Å². The lowest BCUT2D eigenvalue weighted by molar-refractivity contribution is 0.408. The summed E-state index contributed by atoms with van der Waals surface area (Å²) >= 11 is 0. The SMILES string of the molecule is COc1cc(S(=O)(=O)Nc2ccccn2)c(C)cc1-n1nc2ccccc2n1. The van der Waals surface area contributed by atoms with E-state index in [1.54, 1.807) is 31.2 Å². The quantitative estimate of drug-likeness (QED) is 0.558. The van der Waals surface area contributed by atoms with Gasteiger partial charge in [-0.25, -0.2) is 13.4 Å². The highest BCUT2D eigenvalue weighted by atomic mass is 32.2. The molecule has 0 unspecified atom stereocenters. The monoisotopic (exact) mass is 395 g/mol. The second kappa shape index (κ2) is 6.93. The number of methoxy groups -OCH3 is 1. The summed E-state index contributed by atoms with van der Waals surface area (Å²) in [7, 11) is -2.37. The van der Waals surface area contributed by atoms with Crippen LogP contribution in [0, 0.1) is 6.92 Å². The first-order chi connectivity index (χ1) is 13.5. The van der Waals surface area contributed by atoms with Gasteiger partial charge in [-0.05, 0) is 42.8 Å². The van der Waals surface area contributed by atoms with Gasteiger partial charge in [-0.3, -0.25) is 4.72 Å². The van der Waals surface area contributed by atoms with Gasteiger partial charge >= 0.3 is 0 Å². The minimum absolute atomic E-state index is 0.0930. The van der Waals surface area contributed by atoms with E-state index in [1.807, 2.05) is 24.3 Å². The summed E-state index contributed by atoms with van der Waals surface area (Å²) in [5, 5.41) is 8.89. The van der Waals surface area contributed by atoms with Crippen molar-refractivity contribution >= 4 is 26.9 Å². The molecule has 28 heavy (non-hydrogen) atoms. The predicted octanol–water partition coefficient (Wildman–Crippen LogP) is 2.93. The molecule has 9 heteroatoms. The number of anilines is 1. The van der Waals surface area contributed by atoms with Gasteiger partial charge in [-0.1, -0.05) is 18.2 Å². The molecule has 142 valence electrons. The number of benzene rings is 2. The maximum absolute atomic E-state index is 12.8. The van der Waals surface area contributed by atoms with Gasteiger partial charge < -0.3 is 4.74 Å². The predicted molar refractivity (Wildman–Crippen MR) is 105 cm³/mol. The van der Waals surface area contributed by atoms with Gasteiger partial charge in [0, 0.05) is 12.3 Å². The van der Waals surface area contributed by atoms with E-state index >= 15 is 0 Å². The number of aromatic nitrogens is 4. The molecule has 0 aliphatic carbocycles. The molecule has 0 atom stereocenters. The number of fused-ring (bicyclic) bond motifs is 1. The van der Waals surface area contributed by atoms with E-state index in [1.165, 1.54) is 24.2 Å². The third-order valence-electron chi connectivity index (χ3n) is 4.17. The summed E-state index contributed by atoms with van der Waals surface area (Å²) in [6.07, 6.45) is 1.52. The Labute approximate surface area is 161 Å². The highest BCUT2D eigenvalue weighted by Crippen LogP contribution is 2.30. The number of hydrogen-bond donors (Lipinski definition) is 1. The maximum atomic E-state index is 12.8. The average Bonchev–Trinajstić information content (AvgIpc) is 3.12. The lowest BCUT2D eigenvalue weighted by Gasteiger charge is -2.14. The Morgan fingerprint density at radius 3 is 2.29 bits per heavy atom. The summed E-state index contributed by atoms with van der Waals surface area (Å²) in [4.78, 5) is 5.54. The molecule has 2 aromatic carbocycles. The fraction of sp³-hybridized carbons (Fsp3) is 0.105. The van der Waals surface area contributed by atoms with Gasteiger partial charge in [0.05, 0.1) is 12.0 Å². The smallest absolute Gasteiger partial charge is 0.263 e. The summed E-state index contributed by atoms with van der Waals surface area (Å²) in [5.74, 6) is 0.581. The zero-order valence-electron chi connectivity index (χ0n) is 15.2. The molecule has 1 N–H and O–H groups in total. The molecule has 0 amide bonds. The molecule has 4 rings (SSSR count). The number of pyridine rings is 1. The minimum atomic E-state index is -3.84. The van der Waals surface area contributed by atoms with Crippen molar-refractivity contribution in [1.82, 2.24) is 20.0 Å². The number of hydrogen-bond acceptors (Lipinski definition) is 6. The fourth-order valence-corrected chi connectivity index (χ4v) is 4.10.